The molecule has 0 radical (unpaired) electrons. The van der Waals surface area contributed by atoms with Gasteiger partial charge in [0.1, 0.15) is 13.2 Å². The number of carbonyl (C=O) groups excluding carboxylic acids is 1. The number of nitrogens with zero attached hydrogens (tertiary/aromatic N) is 4. The second-order valence-corrected chi connectivity index (χ2v) is 5.61. The predicted octanol–water partition coefficient (Wildman–Crippen LogP) is 3.58. The van der Waals surface area contributed by atoms with Crippen molar-refractivity contribution in [2.24, 2.45) is 15.6 Å². The predicted molar refractivity (Wildman–Crippen MR) is 88.8 cm³/mol. The average Bonchev–Trinajstić information content (AvgIpc) is 3.03. The first-order valence-corrected chi connectivity index (χ1v) is 7.98. The molecule has 0 N–H and O–H groups in total. The minimum atomic E-state index is -1.00. The van der Waals surface area contributed by atoms with Gasteiger partial charge in [0.25, 0.3) is 0 Å². The molecule has 0 spiro atoms. The summed E-state index contributed by atoms with van der Waals surface area (Å²) in [5.41, 5.74) is 1.54. The molecule has 7 nitrogen and oxygen atoms in total. The molecular formula is C18H19N4O3+. The zero-order valence-corrected chi connectivity index (χ0v) is 13.9. The third kappa shape index (κ3) is 4.33. The van der Waals surface area contributed by atoms with E-state index in [0.29, 0.717) is 18.7 Å². The zero-order valence-electron chi connectivity index (χ0n) is 13.9. The number of ether oxygens (including phenoxy) is 2. The topological polar surface area (TPSA) is 75.6 Å². The van der Waals surface area contributed by atoms with E-state index >= 15 is 0 Å². The van der Waals surface area contributed by atoms with Gasteiger partial charge in [-0.25, -0.2) is 4.79 Å². The van der Waals surface area contributed by atoms with Crippen molar-refractivity contribution in [3.8, 4) is 0 Å². The summed E-state index contributed by atoms with van der Waals surface area (Å²) in [4.78, 5) is 11.9. The van der Waals surface area contributed by atoms with Gasteiger partial charge in [0, 0.05) is 12.0 Å². The fourth-order valence-electron chi connectivity index (χ4n) is 2.32. The fraction of sp³-hybridized carbons (Fsp3) is 0.278. The van der Waals surface area contributed by atoms with Crippen molar-refractivity contribution >= 4 is 5.97 Å². The van der Waals surface area contributed by atoms with Gasteiger partial charge >= 0.3 is 11.8 Å². The van der Waals surface area contributed by atoms with Crippen molar-refractivity contribution in [1.82, 2.24) is 0 Å². The minimum absolute atomic E-state index is 0.159. The van der Waals surface area contributed by atoms with Gasteiger partial charge in [-0.3, -0.25) is 0 Å². The Morgan fingerprint density at radius 1 is 1.08 bits per heavy atom. The standard InChI is InChI=1S/C18H19N4O3/c1-18(25-14-15-8-4-2-5-9-15)19-20-21-22(18)12-13-24-17(23)16-10-6-3-7-11-16/h2-11H,12-14H2,1H3/q+1. The summed E-state index contributed by atoms with van der Waals surface area (Å²) >= 11 is 0. The molecule has 1 atom stereocenters. The van der Waals surface area contributed by atoms with Crippen molar-refractivity contribution < 1.29 is 19.0 Å². The quantitative estimate of drug-likeness (QED) is 0.571. The molecule has 0 saturated heterocycles. The lowest BCUT2D eigenvalue weighted by molar-refractivity contribution is -0.700. The molecular weight excluding hydrogens is 320 g/mol. The van der Waals surface area contributed by atoms with E-state index in [9.17, 15) is 4.79 Å². The molecule has 1 aliphatic rings. The van der Waals surface area contributed by atoms with E-state index in [0.717, 1.165) is 5.56 Å². The second-order valence-electron chi connectivity index (χ2n) is 5.61. The third-order valence-electron chi connectivity index (χ3n) is 3.76. The number of hydrogen-bond acceptors (Lipinski definition) is 6. The van der Waals surface area contributed by atoms with E-state index in [4.69, 9.17) is 9.47 Å². The normalized spacial score (nSPS) is 18.8. The molecule has 0 aromatic heterocycles. The van der Waals surface area contributed by atoms with Crippen molar-refractivity contribution in [3.63, 3.8) is 0 Å². The van der Waals surface area contributed by atoms with Crippen LogP contribution in [-0.4, -0.2) is 29.7 Å². The Hall–Kier alpha value is -2.93. The highest BCUT2D eigenvalue weighted by Crippen LogP contribution is 2.22. The summed E-state index contributed by atoms with van der Waals surface area (Å²) in [5, 5.41) is 11.7. The van der Waals surface area contributed by atoms with Crippen molar-refractivity contribution in [2.75, 3.05) is 13.2 Å². The van der Waals surface area contributed by atoms with E-state index in [1.807, 2.05) is 36.4 Å². The first-order valence-electron chi connectivity index (χ1n) is 7.98. The van der Waals surface area contributed by atoms with Crippen LogP contribution in [0.2, 0.25) is 0 Å². The van der Waals surface area contributed by atoms with Crippen LogP contribution in [-0.2, 0) is 16.1 Å². The summed E-state index contributed by atoms with van der Waals surface area (Å²) in [6.07, 6.45) is 0. The number of esters is 1. The van der Waals surface area contributed by atoms with Gasteiger partial charge in [-0.15, -0.1) is 4.70 Å². The van der Waals surface area contributed by atoms with Crippen LogP contribution in [0.25, 0.3) is 0 Å². The minimum Gasteiger partial charge on any atom is -0.458 e. The maximum Gasteiger partial charge on any atom is 0.367 e. The van der Waals surface area contributed by atoms with E-state index in [1.54, 1.807) is 35.9 Å². The van der Waals surface area contributed by atoms with Gasteiger partial charge < -0.3 is 9.47 Å². The summed E-state index contributed by atoms with van der Waals surface area (Å²) in [7, 11) is 0. The van der Waals surface area contributed by atoms with E-state index in [2.05, 4.69) is 15.6 Å². The van der Waals surface area contributed by atoms with E-state index in [-0.39, 0.29) is 12.6 Å². The lowest BCUT2D eigenvalue weighted by Crippen LogP contribution is -2.39. The van der Waals surface area contributed by atoms with Crippen LogP contribution < -0.4 is 0 Å². The SMILES string of the molecule is CC1(OCc2ccccc2)N=NN=[N+]1CCOC(=O)c1ccccc1. The molecule has 128 valence electrons. The molecule has 25 heavy (non-hydrogen) atoms. The van der Waals surface area contributed by atoms with Gasteiger partial charge in [0.2, 0.25) is 5.22 Å². The number of benzene rings is 2. The van der Waals surface area contributed by atoms with Gasteiger partial charge in [0.15, 0.2) is 5.22 Å². The highest BCUT2D eigenvalue weighted by atomic mass is 16.5. The highest BCUT2D eigenvalue weighted by Gasteiger charge is 2.42. The number of hydrogen-bond donors (Lipinski definition) is 0. The van der Waals surface area contributed by atoms with Gasteiger partial charge in [-0.05, 0) is 17.7 Å². The molecule has 2 aromatic carbocycles. The Morgan fingerprint density at radius 3 is 2.48 bits per heavy atom. The monoisotopic (exact) mass is 339 g/mol. The lowest BCUT2D eigenvalue weighted by atomic mass is 10.2. The summed E-state index contributed by atoms with van der Waals surface area (Å²) < 4.78 is 12.7. The van der Waals surface area contributed by atoms with Crippen molar-refractivity contribution in [3.05, 3.63) is 71.8 Å². The van der Waals surface area contributed by atoms with Gasteiger partial charge in [0.05, 0.1) is 12.2 Å². The first-order chi connectivity index (χ1) is 12.2. The maximum atomic E-state index is 11.9. The summed E-state index contributed by atoms with van der Waals surface area (Å²) in [5.74, 6) is -1.38. The summed E-state index contributed by atoms with van der Waals surface area (Å²) in [6.45, 7) is 2.64. The van der Waals surface area contributed by atoms with E-state index in [1.165, 1.54) is 0 Å². The highest BCUT2D eigenvalue weighted by molar-refractivity contribution is 5.89. The Morgan fingerprint density at radius 2 is 1.76 bits per heavy atom. The van der Waals surface area contributed by atoms with Crippen LogP contribution in [0.3, 0.4) is 0 Å². The molecule has 0 aliphatic carbocycles. The Balaban J connectivity index is 1.51. The van der Waals surface area contributed by atoms with E-state index < -0.39 is 5.85 Å². The molecule has 0 saturated carbocycles. The second kappa shape index (κ2) is 7.76. The Kier molecular flexibility index (Phi) is 5.25. The van der Waals surface area contributed by atoms with Gasteiger partial charge in [-0.2, -0.15) is 0 Å². The van der Waals surface area contributed by atoms with Gasteiger partial charge in [-0.1, -0.05) is 48.5 Å². The Bertz CT molecular complexity index is 777. The van der Waals surface area contributed by atoms with Crippen LogP contribution in [0.4, 0.5) is 0 Å². The third-order valence-corrected chi connectivity index (χ3v) is 3.76. The maximum absolute atomic E-state index is 11.9. The molecule has 2 aromatic rings. The molecule has 0 amide bonds. The molecule has 0 bridgehead atoms. The van der Waals surface area contributed by atoms with Crippen LogP contribution >= 0.6 is 0 Å². The average molecular weight is 339 g/mol. The Labute approximate surface area is 145 Å². The number of rotatable bonds is 7. The fourth-order valence-corrected chi connectivity index (χ4v) is 2.32. The van der Waals surface area contributed by atoms with Crippen LogP contribution in [0.5, 0.6) is 0 Å². The lowest BCUT2D eigenvalue weighted by Gasteiger charge is -2.18. The zero-order chi connectivity index (χ0) is 17.5. The van der Waals surface area contributed by atoms with Crippen LogP contribution in [0, 0.1) is 0 Å². The number of carbonyl (C=O) groups is 1. The largest absolute Gasteiger partial charge is 0.458 e. The van der Waals surface area contributed by atoms with Crippen molar-refractivity contribution in [2.45, 2.75) is 19.4 Å². The summed E-state index contributed by atoms with van der Waals surface area (Å²) in [6, 6.07) is 18.6. The smallest absolute Gasteiger partial charge is 0.367 e. The molecule has 1 aliphatic heterocycles. The molecule has 7 heteroatoms. The van der Waals surface area contributed by atoms with Crippen LogP contribution in [0.1, 0.15) is 22.8 Å². The first kappa shape index (κ1) is 16.9. The van der Waals surface area contributed by atoms with Crippen molar-refractivity contribution in [1.29, 1.82) is 0 Å². The molecule has 1 unspecified atom stereocenters. The molecule has 1 heterocycles. The molecule has 3 rings (SSSR count). The molecule has 0 fully saturated rings. The van der Waals surface area contributed by atoms with Crippen LogP contribution in [0.15, 0.2) is 76.2 Å².